The third-order valence-electron chi connectivity index (χ3n) is 8.26. The highest BCUT2D eigenvalue weighted by Crippen LogP contribution is 2.46. The Morgan fingerprint density at radius 2 is 1.68 bits per heavy atom. The van der Waals surface area contributed by atoms with Crippen LogP contribution < -0.4 is 9.47 Å². The van der Waals surface area contributed by atoms with Crippen LogP contribution in [0.1, 0.15) is 73.9 Å². The van der Waals surface area contributed by atoms with Crippen molar-refractivity contribution < 1.29 is 32.5 Å². The first kappa shape index (κ1) is 34.0. The largest absolute Gasteiger partial charge is 0.493 e. The number of fused-ring (bicyclic) bond motifs is 1. The quantitative estimate of drug-likeness (QED) is 0.161. The van der Waals surface area contributed by atoms with Gasteiger partial charge in [0.05, 0.1) is 25.4 Å². The van der Waals surface area contributed by atoms with Gasteiger partial charge in [0.2, 0.25) is 0 Å². The Labute approximate surface area is 276 Å². The van der Waals surface area contributed by atoms with E-state index in [1.807, 2.05) is 65.8 Å². The van der Waals surface area contributed by atoms with Gasteiger partial charge in [-0.25, -0.2) is 13.6 Å². The molecule has 3 aromatic carbocycles. The lowest BCUT2D eigenvalue weighted by Crippen LogP contribution is -2.30. The van der Waals surface area contributed by atoms with Crippen molar-refractivity contribution in [1.29, 1.82) is 0 Å². The van der Waals surface area contributed by atoms with Crippen LogP contribution in [0.4, 0.5) is 8.78 Å². The average molecular weight is 644 g/mol. The van der Waals surface area contributed by atoms with Crippen LogP contribution in [0, 0.1) is 32.4 Å². The highest BCUT2D eigenvalue weighted by molar-refractivity contribution is 5.93. The van der Waals surface area contributed by atoms with E-state index in [4.69, 9.17) is 23.9 Å². The van der Waals surface area contributed by atoms with E-state index >= 15 is 4.39 Å². The molecule has 1 aromatic heterocycles. The number of pyridine rings is 1. The van der Waals surface area contributed by atoms with Gasteiger partial charge < -0.3 is 18.9 Å². The number of nitrogens with zero attached hydrogens (tertiary/aromatic N) is 1. The molecule has 4 aromatic rings. The van der Waals surface area contributed by atoms with Gasteiger partial charge in [-0.3, -0.25) is 4.98 Å². The number of carbonyl (C=O) groups is 1. The SMILES string of the molecule is CCOC(=O)[C@@H](OC(C)(C)C)c1c(C)nc(C)c(-c2ccc(OCCc3ccc(F)cc3)cc2)c1-c1cc(F)c2c(c1C)CCCO2. The van der Waals surface area contributed by atoms with Gasteiger partial charge in [0.25, 0.3) is 0 Å². The second-order valence-corrected chi connectivity index (χ2v) is 12.8. The lowest BCUT2D eigenvalue weighted by atomic mass is 9.83. The fourth-order valence-electron chi connectivity index (χ4n) is 6.19. The number of hydrogen-bond donors (Lipinski definition) is 0. The number of rotatable bonds is 10. The highest BCUT2D eigenvalue weighted by Gasteiger charge is 2.35. The molecule has 248 valence electrons. The Bertz CT molecular complexity index is 1740. The van der Waals surface area contributed by atoms with Crippen LogP contribution in [-0.2, 0) is 27.1 Å². The molecule has 0 N–H and O–H groups in total. The molecule has 0 radical (unpaired) electrons. The number of aryl methyl sites for hydroxylation is 2. The van der Waals surface area contributed by atoms with E-state index in [-0.39, 0.29) is 18.2 Å². The maximum absolute atomic E-state index is 15.8. The van der Waals surface area contributed by atoms with E-state index in [2.05, 4.69) is 0 Å². The summed E-state index contributed by atoms with van der Waals surface area (Å²) in [5, 5.41) is 0. The Morgan fingerprint density at radius 1 is 0.979 bits per heavy atom. The van der Waals surface area contributed by atoms with Crippen LogP contribution in [0.15, 0.2) is 54.6 Å². The molecule has 1 aliphatic rings. The summed E-state index contributed by atoms with van der Waals surface area (Å²) in [6.07, 6.45) is 0.989. The van der Waals surface area contributed by atoms with Crippen LogP contribution in [0.5, 0.6) is 11.5 Å². The summed E-state index contributed by atoms with van der Waals surface area (Å²) in [7, 11) is 0. The van der Waals surface area contributed by atoms with Crippen LogP contribution >= 0.6 is 0 Å². The zero-order chi connectivity index (χ0) is 33.9. The number of benzene rings is 3. The zero-order valence-corrected chi connectivity index (χ0v) is 28.3. The standard InChI is InChI=1S/C39H43F2NO5/c1-8-44-38(43)37(47-39(5,6)7)34-25(4)42-24(3)33(35(34)31-22-32(41)36-30(23(31)2)10-9-20-46-36)27-13-17-29(18-14-27)45-21-19-26-11-15-28(40)16-12-26/h11-18,22,37H,8-10,19-21H2,1-7H3/t37-/m0/s1. The van der Waals surface area contributed by atoms with Gasteiger partial charge in [-0.2, -0.15) is 0 Å². The minimum atomic E-state index is -1.11. The predicted molar refractivity (Wildman–Crippen MR) is 179 cm³/mol. The van der Waals surface area contributed by atoms with Gasteiger partial charge in [-0.05, 0) is 119 Å². The Morgan fingerprint density at radius 3 is 2.34 bits per heavy atom. The van der Waals surface area contributed by atoms with Gasteiger partial charge in [0.15, 0.2) is 17.7 Å². The van der Waals surface area contributed by atoms with Crippen molar-refractivity contribution in [3.05, 3.63) is 99.9 Å². The molecule has 0 saturated carbocycles. The number of hydrogen-bond acceptors (Lipinski definition) is 6. The molecule has 0 spiro atoms. The fourth-order valence-corrected chi connectivity index (χ4v) is 6.19. The topological polar surface area (TPSA) is 66.9 Å². The lowest BCUT2D eigenvalue weighted by Gasteiger charge is -2.31. The summed E-state index contributed by atoms with van der Waals surface area (Å²) in [5.41, 5.74) is 6.74. The number of carbonyl (C=O) groups excluding carboxylic acids is 1. The molecule has 1 aliphatic heterocycles. The lowest BCUT2D eigenvalue weighted by molar-refractivity contribution is -0.166. The van der Waals surface area contributed by atoms with E-state index in [9.17, 15) is 9.18 Å². The molecule has 0 aliphatic carbocycles. The zero-order valence-electron chi connectivity index (χ0n) is 28.3. The average Bonchev–Trinajstić information content (AvgIpc) is 3.03. The fraction of sp³-hybridized carbons (Fsp3) is 0.385. The van der Waals surface area contributed by atoms with Gasteiger partial charge in [-0.15, -0.1) is 0 Å². The van der Waals surface area contributed by atoms with Crippen molar-refractivity contribution in [3.63, 3.8) is 0 Å². The predicted octanol–water partition coefficient (Wildman–Crippen LogP) is 8.98. The summed E-state index contributed by atoms with van der Waals surface area (Å²) in [6, 6.07) is 15.5. The second kappa shape index (κ2) is 14.2. The molecular weight excluding hydrogens is 600 g/mol. The number of aromatic nitrogens is 1. The van der Waals surface area contributed by atoms with Crippen molar-refractivity contribution >= 4 is 5.97 Å². The Kier molecular flexibility index (Phi) is 10.3. The molecule has 0 amide bonds. The molecule has 47 heavy (non-hydrogen) atoms. The van der Waals surface area contributed by atoms with Crippen LogP contribution in [0.25, 0.3) is 22.3 Å². The van der Waals surface area contributed by atoms with Crippen molar-refractivity contribution in [1.82, 2.24) is 4.98 Å². The van der Waals surface area contributed by atoms with Crippen molar-refractivity contribution in [2.24, 2.45) is 0 Å². The molecule has 0 saturated heterocycles. The molecule has 2 heterocycles. The molecule has 8 heteroatoms. The van der Waals surface area contributed by atoms with Crippen molar-refractivity contribution in [3.8, 4) is 33.8 Å². The maximum atomic E-state index is 15.8. The van der Waals surface area contributed by atoms with E-state index in [0.29, 0.717) is 54.2 Å². The number of halogens is 2. The normalized spacial score (nSPS) is 13.5. The Hall–Kier alpha value is -4.30. The van der Waals surface area contributed by atoms with Gasteiger partial charge >= 0.3 is 5.97 Å². The summed E-state index contributed by atoms with van der Waals surface area (Å²) in [6.45, 7) is 14.2. The van der Waals surface area contributed by atoms with E-state index in [0.717, 1.165) is 39.9 Å². The molecule has 0 fully saturated rings. The monoisotopic (exact) mass is 643 g/mol. The summed E-state index contributed by atoms with van der Waals surface area (Å²) in [5.74, 6) is -0.290. The number of ether oxygens (including phenoxy) is 4. The van der Waals surface area contributed by atoms with Gasteiger partial charge in [0.1, 0.15) is 11.6 Å². The van der Waals surface area contributed by atoms with Gasteiger partial charge in [0, 0.05) is 34.5 Å². The molecule has 1 atom stereocenters. The van der Waals surface area contributed by atoms with Crippen LogP contribution in [-0.4, -0.2) is 36.4 Å². The van der Waals surface area contributed by atoms with E-state index in [1.54, 1.807) is 19.1 Å². The smallest absolute Gasteiger partial charge is 0.340 e. The summed E-state index contributed by atoms with van der Waals surface area (Å²) >= 11 is 0. The van der Waals surface area contributed by atoms with Crippen molar-refractivity contribution in [2.45, 2.75) is 79.4 Å². The Balaban J connectivity index is 1.66. The third-order valence-corrected chi connectivity index (χ3v) is 8.26. The van der Waals surface area contributed by atoms with Crippen LogP contribution in [0.2, 0.25) is 0 Å². The summed E-state index contributed by atoms with van der Waals surface area (Å²) in [4.78, 5) is 18.6. The molecular formula is C39H43F2NO5. The second-order valence-electron chi connectivity index (χ2n) is 12.8. The van der Waals surface area contributed by atoms with E-state index < -0.39 is 23.5 Å². The number of esters is 1. The summed E-state index contributed by atoms with van der Waals surface area (Å²) < 4.78 is 52.9. The first-order valence-corrected chi connectivity index (χ1v) is 16.2. The molecule has 0 unspecified atom stereocenters. The third kappa shape index (κ3) is 7.65. The minimum Gasteiger partial charge on any atom is -0.493 e. The first-order valence-electron chi connectivity index (χ1n) is 16.2. The first-order chi connectivity index (χ1) is 22.4. The molecule has 5 rings (SSSR count). The highest BCUT2D eigenvalue weighted by atomic mass is 19.1. The van der Waals surface area contributed by atoms with E-state index in [1.165, 1.54) is 18.2 Å². The molecule has 0 bridgehead atoms. The maximum Gasteiger partial charge on any atom is 0.340 e. The van der Waals surface area contributed by atoms with Crippen molar-refractivity contribution in [2.75, 3.05) is 19.8 Å². The van der Waals surface area contributed by atoms with Crippen LogP contribution in [0.3, 0.4) is 0 Å². The molecule has 6 nitrogen and oxygen atoms in total. The minimum absolute atomic E-state index is 0.176. The van der Waals surface area contributed by atoms with Gasteiger partial charge in [-0.1, -0.05) is 24.3 Å².